The van der Waals surface area contributed by atoms with Crippen LogP contribution in [0.1, 0.15) is 36.2 Å². The fourth-order valence-electron chi connectivity index (χ4n) is 2.80. The minimum atomic E-state index is -0.171. The summed E-state index contributed by atoms with van der Waals surface area (Å²) in [4.78, 5) is 25.0. The van der Waals surface area contributed by atoms with Crippen molar-refractivity contribution in [2.75, 3.05) is 7.11 Å². The van der Waals surface area contributed by atoms with Gasteiger partial charge in [-0.05, 0) is 43.9 Å². The lowest BCUT2D eigenvalue weighted by Crippen LogP contribution is -2.38. The van der Waals surface area contributed by atoms with E-state index < -0.39 is 0 Å². The quantitative estimate of drug-likeness (QED) is 0.841. The molecule has 2 heterocycles. The summed E-state index contributed by atoms with van der Waals surface area (Å²) >= 11 is 1.72. The van der Waals surface area contributed by atoms with Crippen molar-refractivity contribution in [2.24, 2.45) is 0 Å². The molecule has 1 saturated carbocycles. The van der Waals surface area contributed by atoms with E-state index in [9.17, 15) is 4.79 Å². The van der Waals surface area contributed by atoms with Crippen molar-refractivity contribution < 1.29 is 9.53 Å². The molecule has 126 valence electrons. The molecule has 1 aliphatic carbocycles. The summed E-state index contributed by atoms with van der Waals surface area (Å²) in [7, 11) is 1.54. The molecule has 6 nitrogen and oxygen atoms in total. The largest absolute Gasteiger partial charge is 0.494 e. The third kappa shape index (κ3) is 4.23. The van der Waals surface area contributed by atoms with Gasteiger partial charge in [-0.2, -0.15) is 0 Å². The normalized spacial score (nSPS) is 20.4. The van der Waals surface area contributed by atoms with Gasteiger partial charge in [-0.1, -0.05) is 11.8 Å². The van der Waals surface area contributed by atoms with Crippen molar-refractivity contribution in [1.82, 2.24) is 20.3 Å². The van der Waals surface area contributed by atoms with Crippen LogP contribution in [-0.2, 0) is 0 Å². The van der Waals surface area contributed by atoms with Crippen LogP contribution >= 0.6 is 11.8 Å². The van der Waals surface area contributed by atoms with Gasteiger partial charge in [0.1, 0.15) is 5.75 Å². The monoisotopic (exact) mass is 344 g/mol. The summed E-state index contributed by atoms with van der Waals surface area (Å²) in [5, 5.41) is 4.40. The van der Waals surface area contributed by atoms with E-state index in [2.05, 4.69) is 20.3 Å². The molecule has 24 heavy (non-hydrogen) atoms. The van der Waals surface area contributed by atoms with E-state index in [0.29, 0.717) is 16.7 Å². The van der Waals surface area contributed by atoms with Gasteiger partial charge in [0.05, 0.1) is 7.11 Å². The van der Waals surface area contributed by atoms with Gasteiger partial charge in [-0.15, -0.1) is 0 Å². The molecular formula is C17H20N4O2S. The predicted molar refractivity (Wildman–Crippen MR) is 92.2 cm³/mol. The number of methoxy groups -OCH3 is 1. The molecule has 0 aromatic carbocycles. The second-order valence-corrected chi connectivity index (χ2v) is 6.92. The number of thioether (sulfide) groups is 1. The predicted octanol–water partition coefficient (Wildman–Crippen LogP) is 2.71. The Hall–Kier alpha value is -2.15. The Bertz CT molecular complexity index is 675. The van der Waals surface area contributed by atoms with E-state index in [4.69, 9.17) is 4.74 Å². The lowest BCUT2D eigenvalue weighted by Gasteiger charge is -2.28. The van der Waals surface area contributed by atoms with Crippen LogP contribution < -0.4 is 10.1 Å². The summed E-state index contributed by atoms with van der Waals surface area (Å²) in [5.74, 6) is 0.329. The summed E-state index contributed by atoms with van der Waals surface area (Å²) in [6.07, 6.45) is 9.10. The molecule has 0 bridgehead atoms. The van der Waals surface area contributed by atoms with Crippen molar-refractivity contribution in [3.05, 3.63) is 42.5 Å². The van der Waals surface area contributed by atoms with Crippen LogP contribution in [0, 0.1) is 0 Å². The Labute approximate surface area is 145 Å². The van der Waals surface area contributed by atoms with Gasteiger partial charge in [0.25, 0.3) is 5.91 Å². The smallest absolute Gasteiger partial charge is 0.273 e. The van der Waals surface area contributed by atoms with Crippen molar-refractivity contribution in [3.8, 4) is 5.75 Å². The molecular weight excluding hydrogens is 324 g/mol. The van der Waals surface area contributed by atoms with Gasteiger partial charge >= 0.3 is 0 Å². The molecule has 2 aromatic rings. The average molecular weight is 344 g/mol. The number of aromatic nitrogens is 3. The summed E-state index contributed by atoms with van der Waals surface area (Å²) in [5.41, 5.74) is 0.342. The summed E-state index contributed by atoms with van der Waals surface area (Å²) in [6.45, 7) is 0. The van der Waals surface area contributed by atoms with Gasteiger partial charge in [-0.25, -0.2) is 15.0 Å². The molecule has 1 aliphatic rings. The zero-order valence-corrected chi connectivity index (χ0v) is 14.3. The van der Waals surface area contributed by atoms with E-state index >= 15 is 0 Å². The molecule has 0 saturated heterocycles. The molecule has 0 spiro atoms. The van der Waals surface area contributed by atoms with Crippen LogP contribution in [0.25, 0.3) is 0 Å². The molecule has 3 rings (SSSR count). The number of ether oxygens (including phenoxy) is 1. The maximum Gasteiger partial charge on any atom is 0.273 e. The number of hydrogen-bond acceptors (Lipinski definition) is 6. The van der Waals surface area contributed by atoms with Crippen molar-refractivity contribution in [3.63, 3.8) is 0 Å². The molecule has 0 unspecified atom stereocenters. The van der Waals surface area contributed by atoms with E-state index in [0.717, 1.165) is 30.8 Å². The van der Waals surface area contributed by atoms with Crippen LogP contribution in [-0.4, -0.2) is 39.3 Å². The van der Waals surface area contributed by atoms with E-state index in [1.165, 1.54) is 0 Å². The lowest BCUT2D eigenvalue weighted by atomic mass is 9.95. The van der Waals surface area contributed by atoms with E-state index in [1.54, 1.807) is 49.6 Å². The maximum atomic E-state index is 12.4. The maximum absolute atomic E-state index is 12.4. The van der Waals surface area contributed by atoms with Gasteiger partial charge in [0, 0.05) is 29.9 Å². The zero-order valence-electron chi connectivity index (χ0n) is 13.5. The zero-order chi connectivity index (χ0) is 16.8. The number of carbonyl (C=O) groups is 1. The number of rotatable bonds is 5. The highest BCUT2D eigenvalue weighted by Crippen LogP contribution is 2.32. The molecule has 0 aliphatic heterocycles. The van der Waals surface area contributed by atoms with Crippen molar-refractivity contribution in [2.45, 2.75) is 42.1 Å². The van der Waals surface area contributed by atoms with Crippen LogP contribution in [0.15, 0.2) is 41.9 Å². The topological polar surface area (TPSA) is 77.0 Å². The number of pyridine rings is 1. The van der Waals surface area contributed by atoms with Gasteiger partial charge in [0.15, 0.2) is 10.9 Å². The Kier molecular flexibility index (Phi) is 5.63. The van der Waals surface area contributed by atoms with Gasteiger partial charge in [-0.3, -0.25) is 4.79 Å². The van der Waals surface area contributed by atoms with Crippen molar-refractivity contribution in [1.29, 1.82) is 0 Å². The molecule has 1 amide bonds. The highest BCUT2D eigenvalue weighted by Gasteiger charge is 2.25. The minimum Gasteiger partial charge on any atom is -0.494 e. The highest BCUT2D eigenvalue weighted by molar-refractivity contribution is 7.99. The van der Waals surface area contributed by atoms with E-state index in [-0.39, 0.29) is 11.9 Å². The second-order valence-electron chi connectivity index (χ2n) is 5.65. The molecule has 1 fully saturated rings. The molecule has 2 aromatic heterocycles. The van der Waals surface area contributed by atoms with Gasteiger partial charge < -0.3 is 10.1 Å². The Morgan fingerprint density at radius 2 is 1.83 bits per heavy atom. The average Bonchev–Trinajstić information content (AvgIpc) is 2.64. The summed E-state index contributed by atoms with van der Waals surface area (Å²) < 4.78 is 5.20. The fourth-order valence-corrected chi connectivity index (χ4v) is 3.85. The first-order valence-electron chi connectivity index (χ1n) is 8.00. The SMILES string of the molecule is COc1cccnc1C(=O)NC1CCC(Sc2ncccn2)CC1. The third-order valence-corrected chi connectivity index (χ3v) is 5.26. The first kappa shape index (κ1) is 16.7. The molecule has 1 N–H and O–H groups in total. The number of carbonyl (C=O) groups excluding carboxylic acids is 1. The number of amides is 1. The van der Waals surface area contributed by atoms with Crippen LogP contribution in [0.4, 0.5) is 0 Å². The van der Waals surface area contributed by atoms with Gasteiger partial charge in [0.2, 0.25) is 0 Å². The van der Waals surface area contributed by atoms with Crippen LogP contribution in [0.3, 0.4) is 0 Å². The lowest BCUT2D eigenvalue weighted by molar-refractivity contribution is 0.0919. The Balaban J connectivity index is 1.51. The second kappa shape index (κ2) is 8.10. The Morgan fingerprint density at radius 1 is 1.12 bits per heavy atom. The van der Waals surface area contributed by atoms with Crippen LogP contribution in [0.2, 0.25) is 0 Å². The number of nitrogens with one attached hydrogen (secondary N) is 1. The minimum absolute atomic E-state index is 0.171. The van der Waals surface area contributed by atoms with Crippen LogP contribution in [0.5, 0.6) is 5.75 Å². The Morgan fingerprint density at radius 3 is 2.54 bits per heavy atom. The highest BCUT2D eigenvalue weighted by atomic mass is 32.2. The number of hydrogen-bond donors (Lipinski definition) is 1. The third-order valence-electron chi connectivity index (χ3n) is 4.03. The standard InChI is InChI=1S/C17H20N4O2S/c1-23-14-4-2-9-18-15(14)16(22)21-12-5-7-13(8-6-12)24-17-19-10-3-11-20-17/h2-4,9-13H,5-8H2,1H3,(H,21,22). The molecule has 0 atom stereocenters. The van der Waals surface area contributed by atoms with E-state index in [1.807, 2.05) is 6.07 Å². The molecule has 0 radical (unpaired) electrons. The fraction of sp³-hybridized carbons (Fsp3) is 0.412. The number of nitrogens with zero attached hydrogens (tertiary/aromatic N) is 3. The first-order chi connectivity index (χ1) is 11.8. The van der Waals surface area contributed by atoms with Crippen molar-refractivity contribution >= 4 is 17.7 Å². The first-order valence-corrected chi connectivity index (χ1v) is 8.88. The summed E-state index contributed by atoms with van der Waals surface area (Å²) in [6, 6.07) is 5.50. The molecule has 7 heteroatoms.